The van der Waals surface area contributed by atoms with E-state index in [9.17, 15) is 18.4 Å². The van der Waals surface area contributed by atoms with Gasteiger partial charge in [-0.05, 0) is 45.4 Å². The molecule has 0 aliphatic heterocycles. The fraction of sp³-hybridized carbons (Fsp3) is 0.368. The first-order valence-electron chi connectivity index (χ1n) is 8.29. The molecule has 0 saturated heterocycles. The first-order valence-corrected chi connectivity index (χ1v) is 8.29. The summed E-state index contributed by atoms with van der Waals surface area (Å²) in [6.45, 7) is 7.23. The van der Waals surface area contributed by atoms with Crippen LogP contribution in [0.1, 0.15) is 46.0 Å². The van der Waals surface area contributed by atoms with E-state index in [1.165, 1.54) is 0 Å². The van der Waals surface area contributed by atoms with E-state index in [1.807, 2.05) is 6.92 Å². The number of aromatic nitrogens is 1. The van der Waals surface area contributed by atoms with Gasteiger partial charge in [0, 0.05) is 23.9 Å². The minimum absolute atomic E-state index is 0.212. The Morgan fingerprint density at radius 2 is 1.85 bits per heavy atom. The predicted molar refractivity (Wildman–Crippen MR) is 91.7 cm³/mol. The van der Waals surface area contributed by atoms with Gasteiger partial charge < -0.3 is 14.0 Å². The topological polar surface area (TPSA) is 57.5 Å². The Balaban J connectivity index is 2.29. The molecular weight excluding hydrogens is 344 g/mol. The van der Waals surface area contributed by atoms with Crippen LogP contribution in [-0.4, -0.2) is 29.5 Å². The highest BCUT2D eigenvalue weighted by Crippen LogP contribution is 2.25. The number of benzene rings is 1. The van der Waals surface area contributed by atoms with E-state index in [4.69, 9.17) is 9.47 Å². The van der Waals surface area contributed by atoms with Crippen LogP contribution in [0.3, 0.4) is 0 Å². The Labute approximate surface area is 150 Å². The Morgan fingerprint density at radius 3 is 2.42 bits per heavy atom. The fourth-order valence-corrected chi connectivity index (χ4v) is 2.97. The van der Waals surface area contributed by atoms with Gasteiger partial charge >= 0.3 is 5.97 Å². The molecule has 5 nitrogen and oxygen atoms in total. The molecule has 0 aliphatic carbocycles. The SMILES string of the molecule is CCOC(=O)c1c(C)c(C(=O)COc2ccc(F)cc2F)c(C)n1CC. The largest absolute Gasteiger partial charge is 0.482 e. The molecule has 0 fully saturated rings. The molecule has 1 aromatic heterocycles. The molecule has 0 atom stereocenters. The maximum atomic E-state index is 13.6. The molecule has 0 amide bonds. The molecule has 2 rings (SSSR count). The monoisotopic (exact) mass is 365 g/mol. The number of ether oxygens (including phenoxy) is 2. The van der Waals surface area contributed by atoms with Gasteiger partial charge in [-0.15, -0.1) is 0 Å². The summed E-state index contributed by atoms with van der Waals surface area (Å²) in [5.74, 6) is -2.73. The highest BCUT2D eigenvalue weighted by Gasteiger charge is 2.26. The summed E-state index contributed by atoms with van der Waals surface area (Å²) in [5.41, 5.74) is 1.78. The average molecular weight is 365 g/mol. The summed E-state index contributed by atoms with van der Waals surface area (Å²) in [7, 11) is 0. The minimum Gasteiger partial charge on any atom is -0.482 e. The second-order valence-electron chi connectivity index (χ2n) is 5.69. The van der Waals surface area contributed by atoms with Crippen molar-refractivity contribution in [1.29, 1.82) is 0 Å². The lowest BCUT2D eigenvalue weighted by Crippen LogP contribution is -2.14. The van der Waals surface area contributed by atoms with Crippen LogP contribution in [0, 0.1) is 25.5 Å². The third-order valence-electron chi connectivity index (χ3n) is 4.08. The van der Waals surface area contributed by atoms with E-state index in [0.717, 1.165) is 12.1 Å². The van der Waals surface area contributed by atoms with E-state index in [0.29, 0.717) is 35.1 Å². The predicted octanol–water partition coefficient (Wildman–Crippen LogP) is 3.84. The Hall–Kier alpha value is -2.70. The van der Waals surface area contributed by atoms with Crippen molar-refractivity contribution in [3.8, 4) is 5.75 Å². The summed E-state index contributed by atoms with van der Waals surface area (Å²) in [5, 5.41) is 0. The zero-order valence-corrected chi connectivity index (χ0v) is 15.2. The third-order valence-corrected chi connectivity index (χ3v) is 4.08. The van der Waals surface area contributed by atoms with Crippen molar-refractivity contribution in [2.45, 2.75) is 34.2 Å². The molecule has 0 radical (unpaired) electrons. The van der Waals surface area contributed by atoms with Crippen LogP contribution in [0.15, 0.2) is 18.2 Å². The molecule has 2 aromatic rings. The molecule has 26 heavy (non-hydrogen) atoms. The summed E-state index contributed by atoms with van der Waals surface area (Å²) >= 11 is 0. The van der Waals surface area contributed by atoms with E-state index in [2.05, 4.69) is 0 Å². The first-order chi connectivity index (χ1) is 12.3. The quantitative estimate of drug-likeness (QED) is 0.553. The van der Waals surface area contributed by atoms with Crippen LogP contribution in [0.25, 0.3) is 0 Å². The molecule has 1 heterocycles. The zero-order valence-electron chi connectivity index (χ0n) is 15.2. The standard InChI is InChI=1S/C19H21F2NO4/c1-5-22-12(4)17(11(3)18(22)19(24)25-6-2)15(23)10-26-16-8-7-13(20)9-14(16)21/h7-9H,5-6,10H2,1-4H3. The van der Waals surface area contributed by atoms with Gasteiger partial charge in [0.2, 0.25) is 5.78 Å². The van der Waals surface area contributed by atoms with Crippen molar-refractivity contribution >= 4 is 11.8 Å². The number of hydrogen-bond acceptors (Lipinski definition) is 4. The van der Waals surface area contributed by atoms with Gasteiger partial charge in [-0.25, -0.2) is 13.6 Å². The number of carbonyl (C=O) groups is 2. The maximum Gasteiger partial charge on any atom is 0.355 e. The summed E-state index contributed by atoms with van der Waals surface area (Å²) < 4.78 is 38.5. The highest BCUT2D eigenvalue weighted by molar-refractivity contribution is 6.03. The molecule has 140 valence electrons. The van der Waals surface area contributed by atoms with Crippen molar-refractivity contribution in [3.05, 3.63) is 52.3 Å². The summed E-state index contributed by atoms with van der Waals surface area (Å²) in [4.78, 5) is 24.8. The molecule has 0 aliphatic rings. The van der Waals surface area contributed by atoms with Gasteiger partial charge in [0.1, 0.15) is 11.5 Å². The van der Waals surface area contributed by atoms with Crippen molar-refractivity contribution in [3.63, 3.8) is 0 Å². The highest BCUT2D eigenvalue weighted by atomic mass is 19.1. The summed E-state index contributed by atoms with van der Waals surface area (Å²) in [6.07, 6.45) is 0. The normalized spacial score (nSPS) is 10.7. The lowest BCUT2D eigenvalue weighted by atomic mass is 10.1. The van der Waals surface area contributed by atoms with Gasteiger partial charge in [0.25, 0.3) is 0 Å². The van der Waals surface area contributed by atoms with Crippen molar-refractivity contribution in [2.75, 3.05) is 13.2 Å². The van der Waals surface area contributed by atoms with E-state index >= 15 is 0 Å². The first kappa shape index (κ1) is 19.6. The lowest BCUT2D eigenvalue weighted by Gasteiger charge is -2.08. The number of esters is 1. The van der Waals surface area contributed by atoms with Crippen LogP contribution in [0.4, 0.5) is 8.78 Å². The number of carbonyl (C=O) groups excluding carboxylic acids is 2. The van der Waals surface area contributed by atoms with Crippen LogP contribution < -0.4 is 4.74 Å². The van der Waals surface area contributed by atoms with Gasteiger partial charge in [-0.2, -0.15) is 0 Å². The van der Waals surface area contributed by atoms with Crippen LogP contribution >= 0.6 is 0 Å². The van der Waals surface area contributed by atoms with Gasteiger partial charge in [0.15, 0.2) is 18.2 Å². The van der Waals surface area contributed by atoms with Crippen molar-refractivity contribution in [2.24, 2.45) is 0 Å². The molecule has 0 saturated carbocycles. The Bertz CT molecular complexity index is 843. The second-order valence-corrected chi connectivity index (χ2v) is 5.69. The molecular formula is C19H21F2NO4. The molecule has 0 bridgehead atoms. The van der Waals surface area contributed by atoms with Crippen LogP contribution in [-0.2, 0) is 11.3 Å². The molecule has 0 spiro atoms. The van der Waals surface area contributed by atoms with E-state index < -0.39 is 30.0 Å². The number of halogens is 2. The van der Waals surface area contributed by atoms with Crippen molar-refractivity contribution in [1.82, 2.24) is 4.57 Å². The van der Waals surface area contributed by atoms with E-state index in [1.54, 1.807) is 25.3 Å². The van der Waals surface area contributed by atoms with Gasteiger partial charge in [0.05, 0.1) is 6.61 Å². The third kappa shape index (κ3) is 3.76. The van der Waals surface area contributed by atoms with E-state index in [-0.39, 0.29) is 12.4 Å². The fourth-order valence-electron chi connectivity index (χ4n) is 2.97. The molecule has 1 aromatic carbocycles. The zero-order chi connectivity index (χ0) is 19.4. The average Bonchev–Trinajstić information content (AvgIpc) is 2.84. The Morgan fingerprint density at radius 1 is 1.15 bits per heavy atom. The second kappa shape index (κ2) is 8.12. The van der Waals surface area contributed by atoms with Gasteiger partial charge in [-0.1, -0.05) is 0 Å². The summed E-state index contributed by atoms with van der Waals surface area (Å²) in [6, 6.07) is 2.85. The molecule has 0 N–H and O–H groups in total. The number of nitrogens with zero attached hydrogens (tertiary/aromatic N) is 1. The van der Waals surface area contributed by atoms with Gasteiger partial charge in [-0.3, -0.25) is 4.79 Å². The lowest BCUT2D eigenvalue weighted by molar-refractivity contribution is 0.0512. The minimum atomic E-state index is -0.885. The smallest absolute Gasteiger partial charge is 0.355 e. The molecule has 7 heteroatoms. The maximum absolute atomic E-state index is 13.6. The number of ketones is 1. The van der Waals surface area contributed by atoms with Crippen molar-refractivity contribution < 1.29 is 27.8 Å². The number of hydrogen-bond donors (Lipinski definition) is 0. The van der Waals surface area contributed by atoms with Crippen LogP contribution in [0.2, 0.25) is 0 Å². The number of Topliss-reactive ketones (excluding diaryl/α,β-unsaturated/α-hetero) is 1. The van der Waals surface area contributed by atoms with Crippen LogP contribution in [0.5, 0.6) is 5.75 Å². The molecule has 0 unspecified atom stereocenters. The Kier molecular flexibility index (Phi) is 6.13. The number of rotatable bonds is 7.